The quantitative estimate of drug-likeness (QED) is 0.718. The zero-order valence-corrected chi connectivity index (χ0v) is 7.20. The first-order valence-electron chi connectivity index (χ1n) is 3.65. The third kappa shape index (κ3) is 1.78. The number of aryl methyl sites for hydroxylation is 1. The van der Waals surface area contributed by atoms with Crippen LogP contribution in [-0.4, -0.2) is 18.0 Å². The Kier molecular flexibility index (Phi) is 2.38. The molecule has 0 aliphatic carbocycles. The number of nitrogens with zero attached hydrogens (tertiary/aromatic N) is 1. The van der Waals surface area contributed by atoms with Gasteiger partial charge in [0.05, 0.1) is 12.8 Å². The Hall–Kier alpha value is -1.45. The van der Waals surface area contributed by atoms with Gasteiger partial charge < -0.3 is 15.1 Å². The highest BCUT2D eigenvalue weighted by Gasteiger charge is 2.07. The van der Waals surface area contributed by atoms with Gasteiger partial charge in [-0.1, -0.05) is 0 Å². The summed E-state index contributed by atoms with van der Waals surface area (Å²) in [6.07, 6.45) is 1.60. The molecule has 2 N–H and O–H groups in total. The lowest BCUT2D eigenvalue weighted by atomic mass is 10.2. The first kappa shape index (κ1) is 8.64. The summed E-state index contributed by atoms with van der Waals surface area (Å²) < 4.78 is 5.07. The smallest absolute Gasteiger partial charge is 0.314 e. The highest BCUT2D eigenvalue weighted by molar-refractivity contribution is 5.71. The van der Waals surface area contributed by atoms with Crippen molar-refractivity contribution < 1.29 is 9.21 Å². The SMILES string of the molecule is Cc1occc1CN(C)C(N)=O. The van der Waals surface area contributed by atoms with Crippen LogP contribution in [-0.2, 0) is 6.54 Å². The van der Waals surface area contributed by atoms with Crippen molar-refractivity contribution in [3.63, 3.8) is 0 Å². The summed E-state index contributed by atoms with van der Waals surface area (Å²) >= 11 is 0. The van der Waals surface area contributed by atoms with E-state index < -0.39 is 6.03 Å². The first-order chi connectivity index (χ1) is 5.61. The monoisotopic (exact) mass is 168 g/mol. The minimum atomic E-state index is -0.435. The van der Waals surface area contributed by atoms with E-state index in [4.69, 9.17) is 10.2 Å². The Morgan fingerprint density at radius 3 is 2.83 bits per heavy atom. The lowest BCUT2D eigenvalue weighted by Crippen LogP contribution is -2.31. The molecular weight excluding hydrogens is 156 g/mol. The first-order valence-corrected chi connectivity index (χ1v) is 3.65. The van der Waals surface area contributed by atoms with Gasteiger partial charge in [-0.2, -0.15) is 0 Å². The molecule has 1 rings (SSSR count). The number of rotatable bonds is 2. The molecule has 66 valence electrons. The molecule has 0 aliphatic heterocycles. The number of nitrogens with two attached hydrogens (primary N) is 1. The standard InChI is InChI=1S/C8H12N2O2/c1-6-7(3-4-12-6)5-10(2)8(9)11/h3-4H,5H2,1-2H3,(H2,9,11). The summed E-state index contributed by atoms with van der Waals surface area (Å²) in [6, 6.07) is 1.39. The van der Waals surface area contributed by atoms with Gasteiger partial charge in [0.2, 0.25) is 0 Å². The van der Waals surface area contributed by atoms with Crippen molar-refractivity contribution in [2.75, 3.05) is 7.05 Å². The number of carbonyl (C=O) groups is 1. The fourth-order valence-corrected chi connectivity index (χ4v) is 0.909. The van der Waals surface area contributed by atoms with Gasteiger partial charge in [-0.15, -0.1) is 0 Å². The molecule has 12 heavy (non-hydrogen) atoms. The lowest BCUT2D eigenvalue weighted by Gasteiger charge is -2.12. The van der Waals surface area contributed by atoms with Gasteiger partial charge in [0.15, 0.2) is 0 Å². The number of primary amides is 1. The van der Waals surface area contributed by atoms with Gasteiger partial charge in [-0.05, 0) is 13.0 Å². The Morgan fingerprint density at radius 1 is 1.75 bits per heavy atom. The van der Waals surface area contributed by atoms with Crippen LogP contribution in [0.2, 0.25) is 0 Å². The third-order valence-electron chi connectivity index (χ3n) is 1.75. The topological polar surface area (TPSA) is 59.5 Å². The predicted octanol–water partition coefficient (Wildman–Crippen LogP) is 1.10. The summed E-state index contributed by atoms with van der Waals surface area (Å²) in [5.41, 5.74) is 6.04. The van der Waals surface area contributed by atoms with Gasteiger partial charge in [0.25, 0.3) is 0 Å². The van der Waals surface area contributed by atoms with Crippen molar-refractivity contribution in [3.8, 4) is 0 Å². The molecule has 0 fully saturated rings. The van der Waals surface area contributed by atoms with Crippen LogP contribution < -0.4 is 5.73 Å². The highest BCUT2D eigenvalue weighted by atomic mass is 16.3. The van der Waals surface area contributed by atoms with Crippen LogP contribution >= 0.6 is 0 Å². The largest absolute Gasteiger partial charge is 0.469 e. The normalized spacial score (nSPS) is 9.83. The Labute approximate surface area is 70.9 Å². The maximum atomic E-state index is 10.7. The van der Waals surface area contributed by atoms with E-state index in [0.29, 0.717) is 6.54 Å². The van der Waals surface area contributed by atoms with Gasteiger partial charge in [-0.3, -0.25) is 0 Å². The van der Waals surface area contributed by atoms with Crippen molar-refractivity contribution in [2.24, 2.45) is 5.73 Å². The van der Waals surface area contributed by atoms with E-state index in [-0.39, 0.29) is 0 Å². The molecule has 1 aromatic heterocycles. The molecule has 1 heterocycles. The lowest BCUT2D eigenvalue weighted by molar-refractivity contribution is 0.216. The summed E-state index contributed by atoms with van der Waals surface area (Å²) in [5, 5.41) is 0. The van der Waals surface area contributed by atoms with Crippen LogP contribution in [0.1, 0.15) is 11.3 Å². The third-order valence-corrected chi connectivity index (χ3v) is 1.75. The second-order valence-corrected chi connectivity index (χ2v) is 2.70. The number of furan rings is 1. The average molecular weight is 168 g/mol. The molecule has 0 aliphatic rings. The van der Waals surface area contributed by atoms with E-state index in [1.807, 2.05) is 13.0 Å². The second-order valence-electron chi connectivity index (χ2n) is 2.70. The fourth-order valence-electron chi connectivity index (χ4n) is 0.909. The second kappa shape index (κ2) is 3.30. The van der Waals surface area contributed by atoms with Gasteiger partial charge in [-0.25, -0.2) is 4.79 Å². The van der Waals surface area contributed by atoms with Crippen molar-refractivity contribution in [1.82, 2.24) is 4.90 Å². The fraction of sp³-hybridized carbons (Fsp3) is 0.375. The zero-order chi connectivity index (χ0) is 9.14. The molecule has 0 saturated heterocycles. The molecule has 2 amide bonds. The van der Waals surface area contributed by atoms with E-state index in [0.717, 1.165) is 11.3 Å². The van der Waals surface area contributed by atoms with Gasteiger partial charge in [0, 0.05) is 12.6 Å². The molecule has 0 saturated carbocycles. The van der Waals surface area contributed by atoms with Crippen LogP contribution in [0.15, 0.2) is 16.7 Å². The molecule has 0 aromatic carbocycles. The summed E-state index contributed by atoms with van der Waals surface area (Å²) in [6.45, 7) is 2.35. The number of urea groups is 1. The van der Waals surface area contributed by atoms with Crippen LogP contribution in [0, 0.1) is 6.92 Å². The molecule has 0 unspecified atom stereocenters. The number of hydrogen-bond donors (Lipinski definition) is 1. The van der Waals surface area contributed by atoms with E-state index in [9.17, 15) is 4.79 Å². The van der Waals surface area contributed by atoms with Crippen molar-refractivity contribution in [3.05, 3.63) is 23.7 Å². The Balaban J connectivity index is 2.64. The minimum absolute atomic E-state index is 0.435. The van der Waals surface area contributed by atoms with Crippen molar-refractivity contribution >= 4 is 6.03 Å². The number of amides is 2. The number of carbonyl (C=O) groups excluding carboxylic acids is 1. The Morgan fingerprint density at radius 2 is 2.42 bits per heavy atom. The van der Waals surface area contributed by atoms with E-state index in [1.165, 1.54) is 4.90 Å². The van der Waals surface area contributed by atoms with Crippen LogP contribution in [0.3, 0.4) is 0 Å². The molecular formula is C8H12N2O2. The maximum absolute atomic E-state index is 10.7. The van der Waals surface area contributed by atoms with Gasteiger partial charge >= 0.3 is 6.03 Å². The van der Waals surface area contributed by atoms with E-state index in [2.05, 4.69) is 0 Å². The Bertz CT molecular complexity index is 280. The molecule has 1 aromatic rings. The summed E-state index contributed by atoms with van der Waals surface area (Å²) in [4.78, 5) is 12.1. The average Bonchev–Trinajstić information content (AvgIpc) is 2.36. The molecule has 4 nitrogen and oxygen atoms in total. The van der Waals surface area contributed by atoms with Crippen LogP contribution in [0.25, 0.3) is 0 Å². The number of hydrogen-bond acceptors (Lipinski definition) is 2. The molecule has 0 radical (unpaired) electrons. The summed E-state index contributed by atoms with van der Waals surface area (Å²) in [5.74, 6) is 0.822. The maximum Gasteiger partial charge on any atom is 0.314 e. The predicted molar refractivity (Wildman–Crippen MR) is 44.5 cm³/mol. The molecule has 0 bridgehead atoms. The van der Waals surface area contributed by atoms with Crippen molar-refractivity contribution in [1.29, 1.82) is 0 Å². The molecule has 0 spiro atoms. The molecule has 4 heteroatoms. The molecule has 0 atom stereocenters. The van der Waals surface area contributed by atoms with Gasteiger partial charge in [0.1, 0.15) is 5.76 Å². The van der Waals surface area contributed by atoms with Crippen molar-refractivity contribution in [2.45, 2.75) is 13.5 Å². The zero-order valence-electron chi connectivity index (χ0n) is 7.20. The van der Waals surface area contributed by atoms with E-state index in [1.54, 1.807) is 13.3 Å². The van der Waals surface area contributed by atoms with Crippen LogP contribution in [0.5, 0.6) is 0 Å². The summed E-state index contributed by atoms with van der Waals surface area (Å²) in [7, 11) is 1.65. The minimum Gasteiger partial charge on any atom is -0.469 e. The van der Waals surface area contributed by atoms with Crippen LogP contribution in [0.4, 0.5) is 4.79 Å². The van der Waals surface area contributed by atoms with E-state index >= 15 is 0 Å². The highest BCUT2D eigenvalue weighted by Crippen LogP contribution is 2.10.